The normalized spacial score (nSPS) is 15.7. The molecule has 1 aromatic heterocycles. The summed E-state index contributed by atoms with van der Waals surface area (Å²) < 4.78 is 1.77. The molecule has 7 nitrogen and oxygen atoms in total. The van der Waals surface area contributed by atoms with Gasteiger partial charge < -0.3 is 10.4 Å². The lowest BCUT2D eigenvalue weighted by Crippen LogP contribution is -2.38. The largest absolute Gasteiger partial charge is 0.389 e. The first-order chi connectivity index (χ1) is 8.46. The Morgan fingerprint density at radius 3 is 2.94 bits per heavy atom. The highest BCUT2D eigenvalue weighted by atomic mass is 32.2. The molecule has 0 unspecified atom stereocenters. The number of thioether (sulfide) groups is 1. The van der Waals surface area contributed by atoms with Crippen molar-refractivity contribution in [3.05, 3.63) is 0 Å². The molecule has 1 aliphatic rings. The van der Waals surface area contributed by atoms with Crippen molar-refractivity contribution >= 4 is 17.7 Å². The number of aromatic nitrogens is 4. The number of carbonyl (C=O) groups excluding carboxylic acids is 1. The summed E-state index contributed by atoms with van der Waals surface area (Å²) in [6, 6.07) is 0.405. The van der Waals surface area contributed by atoms with Crippen molar-refractivity contribution in [1.82, 2.24) is 25.5 Å². The highest BCUT2D eigenvalue weighted by Gasteiger charge is 2.28. The Kier molecular flexibility index (Phi) is 3.86. The van der Waals surface area contributed by atoms with E-state index < -0.39 is 5.60 Å². The van der Waals surface area contributed by atoms with Crippen LogP contribution in [0, 0.1) is 0 Å². The molecular formula is C10H17N5O2S. The minimum Gasteiger partial charge on any atom is -0.389 e. The predicted molar refractivity (Wildman–Crippen MR) is 66.1 cm³/mol. The van der Waals surface area contributed by atoms with Gasteiger partial charge in [-0.25, -0.2) is 4.68 Å². The van der Waals surface area contributed by atoms with Gasteiger partial charge in [-0.1, -0.05) is 11.8 Å². The molecule has 0 bridgehead atoms. The van der Waals surface area contributed by atoms with Crippen LogP contribution >= 0.6 is 11.8 Å². The third-order valence-electron chi connectivity index (χ3n) is 2.41. The molecule has 0 saturated heterocycles. The maximum absolute atomic E-state index is 11.6. The second-order valence-corrected chi connectivity index (χ2v) is 5.96. The maximum Gasteiger partial charge on any atom is 0.230 e. The van der Waals surface area contributed by atoms with E-state index in [9.17, 15) is 9.90 Å². The molecule has 0 spiro atoms. The summed E-state index contributed by atoms with van der Waals surface area (Å²) in [4.78, 5) is 11.6. The number of amides is 1. The molecular weight excluding hydrogens is 254 g/mol. The smallest absolute Gasteiger partial charge is 0.230 e. The standard InChI is InChI=1S/C10H17N5O2S/c1-10(2,17)6-11-8(16)5-18-9-12-13-14-15(9)7-3-4-7/h7,17H,3-6H2,1-2H3,(H,11,16). The Bertz CT molecular complexity index is 424. The van der Waals surface area contributed by atoms with Crippen molar-refractivity contribution in [2.75, 3.05) is 12.3 Å². The lowest BCUT2D eigenvalue weighted by atomic mass is 10.1. The zero-order chi connectivity index (χ0) is 13.2. The summed E-state index contributed by atoms with van der Waals surface area (Å²) in [5, 5.41) is 24.2. The number of nitrogens with zero attached hydrogens (tertiary/aromatic N) is 4. The molecule has 100 valence electrons. The zero-order valence-corrected chi connectivity index (χ0v) is 11.3. The third-order valence-corrected chi connectivity index (χ3v) is 3.34. The van der Waals surface area contributed by atoms with Crippen LogP contribution in [0.4, 0.5) is 0 Å². The number of hydrogen-bond acceptors (Lipinski definition) is 6. The van der Waals surface area contributed by atoms with Crippen LogP contribution in [0.1, 0.15) is 32.7 Å². The van der Waals surface area contributed by atoms with Crippen molar-refractivity contribution in [2.45, 2.75) is 43.5 Å². The second kappa shape index (κ2) is 5.23. The van der Waals surface area contributed by atoms with E-state index >= 15 is 0 Å². The van der Waals surface area contributed by atoms with Crippen molar-refractivity contribution in [3.63, 3.8) is 0 Å². The highest BCUT2D eigenvalue weighted by molar-refractivity contribution is 7.99. The van der Waals surface area contributed by atoms with Crippen molar-refractivity contribution in [3.8, 4) is 0 Å². The van der Waals surface area contributed by atoms with Crippen LogP contribution in [0.3, 0.4) is 0 Å². The lowest BCUT2D eigenvalue weighted by Gasteiger charge is -2.17. The minimum atomic E-state index is -0.893. The van der Waals surface area contributed by atoms with Gasteiger partial charge >= 0.3 is 0 Å². The Morgan fingerprint density at radius 1 is 1.61 bits per heavy atom. The van der Waals surface area contributed by atoms with Crippen molar-refractivity contribution < 1.29 is 9.90 Å². The molecule has 0 aliphatic heterocycles. The van der Waals surface area contributed by atoms with E-state index in [1.54, 1.807) is 18.5 Å². The maximum atomic E-state index is 11.6. The molecule has 1 amide bonds. The SMILES string of the molecule is CC(C)(O)CNC(=O)CSc1nnnn1C1CC1. The van der Waals surface area contributed by atoms with Gasteiger partial charge in [-0.05, 0) is 37.1 Å². The topological polar surface area (TPSA) is 92.9 Å². The van der Waals surface area contributed by atoms with E-state index in [0.29, 0.717) is 11.2 Å². The Morgan fingerprint density at radius 2 is 2.33 bits per heavy atom. The molecule has 0 radical (unpaired) electrons. The van der Waals surface area contributed by atoms with Gasteiger partial charge in [0.05, 0.1) is 17.4 Å². The van der Waals surface area contributed by atoms with E-state index in [0.717, 1.165) is 12.8 Å². The van der Waals surface area contributed by atoms with E-state index in [4.69, 9.17) is 0 Å². The number of tetrazole rings is 1. The molecule has 2 rings (SSSR count). The summed E-state index contributed by atoms with van der Waals surface area (Å²) >= 11 is 1.31. The molecule has 1 saturated carbocycles. The van der Waals surface area contributed by atoms with Gasteiger partial charge in [0.2, 0.25) is 11.1 Å². The molecule has 1 heterocycles. The second-order valence-electron chi connectivity index (χ2n) is 5.02. The molecule has 1 aliphatic carbocycles. The monoisotopic (exact) mass is 271 g/mol. The molecule has 1 aromatic rings. The number of carbonyl (C=O) groups is 1. The van der Waals surface area contributed by atoms with Crippen LogP contribution in [0.2, 0.25) is 0 Å². The molecule has 18 heavy (non-hydrogen) atoms. The molecule has 0 aromatic carbocycles. The first-order valence-electron chi connectivity index (χ1n) is 5.85. The highest BCUT2D eigenvalue weighted by Crippen LogP contribution is 2.36. The van der Waals surface area contributed by atoms with Crippen LogP contribution in [0.25, 0.3) is 0 Å². The summed E-state index contributed by atoms with van der Waals surface area (Å²) in [5.41, 5.74) is -0.893. The van der Waals surface area contributed by atoms with E-state index in [2.05, 4.69) is 20.8 Å². The fourth-order valence-electron chi connectivity index (χ4n) is 1.32. The van der Waals surface area contributed by atoms with Crippen molar-refractivity contribution in [1.29, 1.82) is 0 Å². The van der Waals surface area contributed by atoms with Crippen molar-refractivity contribution in [2.24, 2.45) is 0 Å². The Labute approximate surface area is 109 Å². The number of hydrogen-bond donors (Lipinski definition) is 2. The van der Waals surface area contributed by atoms with Crippen LogP contribution < -0.4 is 5.32 Å². The molecule has 0 atom stereocenters. The van der Waals surface area contributed by atoms with Gasteiger partial charge in [0, 0.05) is 6.54 Å². The average molecular weight is 271 g/mol. The first-order valence-corrected chi connectivity index (χ1v) is 6.84. The zero-order valence-electron chi connectivity index (χ0n) is 10.5. The fourth-order valence-corrected chi connectivity index (χ4v) is 2.10. The lowest BCUT2D eigenvalue weighted by molar-refractivity contribution is -0.119. The van der Waals surface area contributed by atoms with Crippen LogP contribution in [0.5, 0.6) is 0 Å². The van der Waals surface area contributed by atoms with Gasteiger partial charge in [0.1, 0.15) is 0 Å². The summed E-state index contributed by atoms with van der Waals surface area (Å²) in [6.45, 7) is 3.53. The molecule has 8 heteroatoms. The minimum absolute atomic E-state index is 0.132. The van der Waals surface area contributed by atoms with Crippen LogP contribution in [-0.2, 0) is 4.79 Å². The molecule has 2 N–H and O–H groups in total. The Hall–Kier alpha value is -1.15. The van der Waals surface area contributed by atoms with Gasteiger partial charge in [0.15, 0.2) is 0 Å². The van der Waals surface area contributed by atoms with Crippen LogP contribution in [0.15, 0.2) is 5.16 Å². The summed E-state index contributed by atoms with van der Waals surface area (Å²) in [7, 11) is 0. The first kappa shape index (κ1) is 13.3. The number of aliphatic hydroxyl groups is 1. The number of rotatable bonds is 6. The summed E-state index contributed by atoms with van der Waals surface area (Å²) in [5.74, 6) is 0.121. The van der Waals surface area contributed by atoms with Crippen LogP contribution in [-0.4, -0.2) is 49.1 Å². The van der Waals surface area contributed by atoms with Gasteiger partial charge in [-0.2, -0.15) is 0 Å². The van der Waals surface area contributed by atoms with E-state index in [-0.39, 0.29) is 18.2 Å². The van der Waals surface area contributed by atoms with E-state index in [1.807, 2.05) is 0 Å². The average Bonchev–Trinajstić information content (AvgIpc) is 3.02. The fraction of sp³-hybridized carbons (Fsp3) is 0.800. The number of nitrogens with one attached hydrogen (secondary N) is 1. The van der Waals surface area contributed by atoms with Gasteiger partial charge in [-0.15, -0.1) is 5.10 Å². The molecule has 1 fully saturated rings. The quantitative estimate of drug-likeness (QED) is 0.707. The predicted octanol–water partition coefficient (Wildman–Crippen LogP) is -0.0128. The van der Waals surface area contributed by atoms with Gasteiger partial charge in [0.25, 0.3) is 0 Å². The van der Waals surface area contributed by atoms with E-state index in [1.165, 1.54) is 11.8 Å². The third kappa shape index (κ3) is 3.95. The van der Waals surface area contributed by atoms with Gasteiger partial charge in [-0.3, -0.25) is 4.79 Å². The Balaban J connectivity index is 1.77. The summed E-state index contributed by atoms with van der Waals surface area (Å²) in [6.07, 6.45) is 2.20.